The SMILES string of the molecule is O=C(O)C(F)N(CCN(C(F)C(=O)O)C(F)C(=O)O)C(F)C(=O)O. The van der Waals surface area contributed by atoms with Crippen molar-refractivity contribution in [1.82, 2.24) is 9.80 Å². The highest BCUT2D eigenvalue weighted by Gasteiger charge is 2.40. The Morgan fingerprint density at radius 3 is 0.875 bits per heavy atom. The Labute approximate surface area is 130 Å². The number of carbonyl (C=O) groups is 4. The standard InChI is InChI=1S/C10H12F4N2O8/c11-3(7(17)18)15(4(12)8(19)20)1-2-16(5(13)9(21)22)6(14)10(23)24/h3-6H,1-2H2,(H,17,18)(H,19,20)(H,21,22)(H,23,24). The van der Waals surface area contributed by atoms with Gasteiger partial charge in [-0.2, -0.15) is 0 Å². The van der Waals surface area contributed by atoms with Gasteiger partial charge in [-0.1, -0.05) is 0 Å². The number of nitrogens with zero attached hydrogens (tertiary/aromatic N) is 2. The topological polar surface area (TPSA) is 156 Å². The van der Waals surface area contributed by atoms with E-state index in [-0.39, 0.29) is 0 Å². The van der Waals surface area contributed by atoms with Gasteiger partial charge in [0.05, 0.1) is 0 Å². The van der Waals surface area contributed by atoms with E-state index in [1.54, 1.807) is 0 Å². The molecule has 138 valence electrons. The molecule has 0 amide bonds. The van der Waals surface area contributed by atoms with Gasteiger partial charge >= 0.3 is 23.9 Å². The van der Waals surface area contributed by atoms with Gasteiger partial charge in [-0.05, 0) is 0 Å². The molecule has 0 aromatic carbocycles. The van der Waals surface area contributed by atoms with Gasteiger partial charge in [0.25, 0.3) is 25.2 Å². The van der Waals surface area contributed by atoms with Crippen LogP contribution in [0.5, 0.6) is 0 Å². The lowest BCUT2D eigenvalue weighted by atomic mass is 10.3. The molecule has 0 bridgehead atoms. The van der Waals surface area contributed by atoms with Crippen molar-refractivity contribution in [3.63, 3.8) is 0 Å². The average molecular weight is 364 g/mol. The molecule has 0 aliphatic carbocycles. The van der Waals surface area contributed by atoms with Crippen molar-refractivity contribution >= 4 is 23.9 Å². The molecule has 0 spiro atoms. The van der Waals surface area contributed by atoms with E-state index in [4.69, 9.17) is 20.4 Å². The second kappa shape index (κ2) is 8.97. The van der Waals surface area contributed by atoms with Crippen molar-refractivity contribution in [2.24, 2.45) is 0 Å². The summed E-state index contributed by atoms with van der Waals surface area (Å²) in [5.41, 5.74) is 0. The predicted molar refractivity (Wildman–Crippen MR) is 63.5 cm³/mol. The maximum Gasteiger partial charge on any atom is 0.353 e. The second-order valence-corrected chi connectivity index (χ2v) is 4.17. The molecule has 0 rings (SSSR count). The molecule has 4 N–H and O–H groups in total. The van der Waals surface area contributed by atoms with Crippen molar-refractivity contribution in [1.29, 1.82) is 0 Å². The van der Waals surface area contributed by atoms with Crippen molar-refractivity contribution < 1.29 is 57.2 Å². The molecule has 24 heavy (non-hydrogen) atoms. The summed E-state index contributed by atoms with van der Waals surface area (Å²) in [6, 6.07) is 0. The van der Waals surface area contributed by atoms with Crippen LogP contribution < -0.4 is 0 Å². The molecule has 4 atom stereocenters. The lowest BCUT2D eigenvalue weighted by molar-refractivity contribution is -0.173. The summed E-state index contributed by atoms with van der Waals surface area (Å²) in [6.45, 7) is -2.69. The minimum Gasteiger partial charge on any atom is -0.478 e. The third-order valence-electron chi connectivity index (χ3n) is 2.60. The zero-order chi connectivity index (χ0) is 19.2. The van der Waals surface area contributed by atoms with Gasteiger partial charge in [0.1, 0.15) is 0 Å². The molecular formula is C10H12F4N2O8. The van der Waals surface area contributed by atoms with E-state index >= 15 is 0 Å². The van der Waals surface area contributed by atoms with E-state index in [2.05, 4.69) is 0 Å². The first kappa shape index (κ1) is 21.5. The molecule has 0 saturated heterocycles. The number of carboxylic acids is 4. The van der Waals surface area contributed by atoms with Crippen LogP contribution >= 0.6 is 0 Å². The Morgan fingerprint density at radius 2 is 0.750 bits per heavy atom. The van der Waals surface area contributed by atoms with E-state index in [1.807, 2.05) is 0 Å². The molecule has 0 aromatic rings. The van der Waals surface area contributed by atoms with E-state index in [1.165, 1.54) is 0 Å². The van der Waals surface area contributed by atoms with Gasteiger partial charge in [0.2, 0.25) is 0 Å². The largest absolute Gasteiger partial charge is 0.478 e. The predicted octanol–water partition coefficient (Wildman–Crippen LogP) is -0.889. The minimum absolute atomic E-state index is 0.499. The fourth-order valence-electron chi connectivity index (χ4n) is 1.48. The van der Waals surface area contributed by atoms with Crippen LogP contribution in [0, 0.1) is 0 Å². The molecule has 0 heterocycles. The summed E-state index contributed by atoms with van der Waals surface area (Å²) in [5.74, 6) is -9.29. The highest BCUT2D eigenvalue weighted by atomic mass is 19.2. The Bertz CT molecular complexity index is 423. The first-order chi connectivity index (χ1) is 10.9. The highest BCUT2D eigenvalue weighted by Crippen LogP contribution is 2.14. The van der Waals surface area contributed by atoms with Gasteiger partial charge in [0, 0.05) is 13.1 Å². The number of hydrogen-bond donors (Lipinski definition) is 4. The van der Waals surface area contributed by atoms with Crippen molar-refractivity contribution in [3.05, 3.63) is 0 Å². The third kappa shape index (κ3) is 5.62. The van der Waals surface area contributed by atoms with E-state index < -0.39 is 71.9 Å². The van der Waals surface area contributed by atoms with Gasteiger partial charge in [0.15, 0.2) is 0 Å². The zero-order valence-electron chi connectivity index (χ0n) is 11.6. The molecule has 4 unspecified atom stereocenters. The molecule has 0 fully saturated rings. The smallest absolute Gasteiger partial charge is 0.353 e. The van der Waals surface area contributed by atoms with Crippen molar-refractivity contribution in [3.8, 4) is 0 Å². The van der Waals surface area contributed by atoms with Crippen LogP contribution in [0.4, 0.5) is 17.6 Å². The lowest BCUT2D eigenvalue weighted by Crippen LogP contribution is -2.53. The monoisotopic (exact) mass is 364 g/mol. The van der Waals surface area contributed by atoms with Gasteiger partial charge in [-0.25, -0.2) is 46.5 Å². The maximum absolute atomic E-state index is 13.4. The van der Waals surface area contributed by atoms with Gasteiger partial charge in [-0.3, -0.25) is 0 Å². The molecule has 0 aliphatic heterocycles. The Balaban J connectivity index is 5.36. The number of rotatable bonds is 11. The second-order valence-electron chi connectivity index (χ2n) is 4.17. The van der Waals surface area contributed by atoms with E-state index in [0.717, 1.165) is 0 Å². The van der Waals surface area contributed by atoms with Crippen LogP contribution in [0.1, 0.15) is 0 Å². The molecule has 0 saturated carbocycles. The third-order valence-corrected chi connectivity index (χ3v) is 2.60. The maximum atomic E-state index is 13.4. The molecule has 10 nitrogen and oxygen atoms in total. The number of alkyl halides is 4. The quantitative estimate of drug-likeness (QED) is 0.268. The van der Waals surface area contributed by atoms with E-state index in [0.29, 0.717) is 0 Å². The Hall–Kier alpha value is -2.48. The Kier molecular flexibility index (Phi) is 8.05. The van der Waals surface area contributed by atoms with Crippen LogP contribution in [0.3, 0.4) is 0 Å². The van der Waals surface area contributed by atoms with Crippen LogP contribution in [-0.2, 0) is 19.2 Å². The molecule has 14 heteroatoms. The summed E-state index contributed by atoms with van der Waals surface area (Å²) < 4.78 is 53.4. The number of aliphatic carboxylic acids is 4. The van der Waals surface area contributed by atoms with Gasteiger partial charge < -0.3 is 20.4 Å². The molecule has 0 aromatic heterocycles. The summed E-state index contributed by atoms with van der Waals surface area (Å²) in [6.07, 6.45) is -13.0. The van der Waals surface area contributed by atoms with Crippen LogP contribution in [0.2, 0.25) is 0 Å². The molecular weight excluding hydrogens is 352 g/mol. The molecule has 0 radical (unpaired) electrons. The average Bonchev–Trinajstić information content (AvgIpc) is 2.48. The van der Waals surface area contributed by atoms with Crippen LogP contribution in [-0.4, -0.2) is 92.4 Å². The first-order valence-corrected chi connectivity index (χ1v) is 5.90. The summed E-state index contributed by atoms with van der Waals surface area (Å²) >= 11 is 0. The first-order valence-electron chi connectivity index (χ1n) is 5.90. The van der Waals surface area contributed by atoms with Crippen LogP contribution in [0.15, 0.2) is 0 Å². The zero-order valence-corrected chi connectivity index (χ0v) is 11.6. The lowest BCUT2D eigenvalue weighted by Gasteiger charge is -2.29. The fourth-order valence-corrected chi connectivity index (χ4v) is 1.48. The summed E-state index contributed by atoms with van der Waals surface area (Å²) in [4.78, 5) is 40.9. The fraction of sp³-hybridized carbons (Fsp3) is 0.600. The summed E-state index contributed by atoms with van der Waals surface area (Å²) in [5, 5.41) is 33.7. The number of halogens is 4. The van der Waals surface area contributed by atoms with Gasteiger partial charge in [-0.15, -0.1) is 0 Å². The van der Waals surface area contributed by atoms with Crippen LogP contribution in [0.25, 0.3) is 0 Å². The van der Waals surface area contributed by atoms with Crippen molar-refractivity contribution in [2.45, 2.75) is 25.2 Å². The normalized spacial score (nSPS) is 16.4. The highest BCUT2D eigenvalue weighted by molar-refractivity contribution is 5.76. The number of carboxylic acid groups (broad SMARTS) is 4. The molecule has 0 aliphatic rings. The number of hydrogen-bond acceptors (Lipinski definition) is 6. The van der Waals surface area contributed by atoms with Crippen molar-refractivity contribution in [2.75, 3.05) is 13.1 Å². The Morgan fingerprint density at radius 1 is 0.583 bits per heavy atom. The minimum atomic E-state index is -3.25. The summed E-state index contributed by atoms with van der Waals surface area (Å²) in [7, 11) is 0. The van der Waals surface area contributed by atoms with E-state index in [9.17, 15) is 36.7 Å².